The summed E-state index contributed by atoms with van der Waals surface area (Å²) in [7, 11) is 0. The van der Waals surface area contributed by atoms with E-state index < -0.39 is 11.7 Å². The molecule has 2 atom stereocenters. The zero-order valence-corrected chi connectivity index (χ0v) is 12.5. The van der Waals surface area contributed by atoms with Gasteiger partial charge in [0.2, 0.25) is 0 Å². The number of hydrogen-bond acceptors (Lipinski definition) is 5. The van der Waals surface area contributed by atoms with Crippen LogP contribution in [0.1, 0.15) is 37.4 Å². The number of hydrogen-bond donors (Lipinski definition) is 1. The molecule has 1 saturated heterocycles. The molecule has 1 aromatic heterocycles. The maximum atomic E-state index is 12.0. The summed E-state index contributed by atoms with van der Waals surface area (Å²) in [5.74, 6) is -0.113. The molecule has 0 unspecified atom stereocenters. The van der Waals surface area contributed by atoms with Gasteiger partial charge in [-0.3, -0.25) is 0 Å². The molecule has 5 nitrogen and oxygen atoms in total. The number of β-amino-alcohol motifs (C(OH)–C–C–N with tert-alkyl or cyclic N) is 1. The predicted molar refractivity (Wildman–Crippen MR) is 73.4 cm³/mol. The van der Waals surface area contributed by atoms with Gasteiger partial charge in [0.15, 0.2) is 0 Å². The molecule has 2 heterocycles. The van der Waals surface area contributed by atoms with Crippen LogP contribution in [0.2, 0.25) is 0 Å². The highest BCUT2D eigenvalue weighted by molar-refractivity contribution is 7.09. The molecule has 1 aromatic rings. The molecule has 0 aromatic carbocycles. The minimum absolute atomic E-state index is 0.113. The van der Waals surface area contributed by atoms with Crippen molar-refractivity contribution in [3.63, 3.8) is 0 Å². The van der Waals surface area contributed by atoms with Crippen molar-refractivity contribution in [3.8, 4) is 0 Å². The Morgan fingerprint density at radius 2 is 2.21 bits per heavy atom. The highest BCUT2D eigenvalue weighted by Gasteiger charge is 2.37. The number of carbonyl (C=O) groups excluding carboxylic acids is 1. The first-order chi connectivity index (χ1) is 8.76. The minimum Gasteiger partial charge on any atom is -0.444 e. The van der Waals surface area contributed by atoms with Crippen LogP contribution in [0.4, 0.5) is 4.79 Å². The number of aromatic nitrogens is 1. The summed E-state index contributed by atoms with van der Waals surface area (Å²) in [5.41, 5.74) is 0.346. The quantitative estimate of drug-likeness (QED) is 0.858. The van der Waals surface area contributed by atoms with Crippen molar-refractivity contribution < 1.29 is 14.6 Å². The van der Waals surface area contributed by atoms with E-state index in [1.54, 1.807) is 16.2 Å². The van der Waals surface area contributed by atoms with E-state index in [1.807, 2.05) is 33.1 Å². The molecule has 0 radical (unpaired) electrons. The van der Waals surface area contributed by atoms with Crippen LogP contribution in [-0.4, -0.2) is 45.9 Å². The van der Waals surface area contributed by atoms with Gasteiger partial charge in [-0.1, -0.05) is 0 Å². The highest BCUT2D eigenvalue weighted by Crippen LogP contribution is 2.29. The molecule has 1 aliphatic heterocycles. The normalized spacial score (nSPS) is 23.7. The second kappa shape index (κ2) is 5.09. The third-order valence-electron chi connectivity index (χ3n) is 2.96. The SMILES string of the molecule is Cc1nc([C@@H]2CN(C(=O)OC(C)(C)C)C[C@H]2O)cs1. The highest BCUT2D eigenvalue weighted by atomic mass is 32.1. The number of likely N-dealkylation sites (tertiary alicyclic amines) is 1. The summed E-state index contributed by atoms with van der Waals surface area (Å²) in [5, 5.41) is 13.0. The van der Waals surface area contributed by atoms with Gasteiger partial charge in [0.05, 0.1) is 23.4 Å². The summed E-state index contributed by atoms with van der Waals surface area (Å²) in [6, 6.07) is 0. The van der Waals surface area contributed by atoms with Crippen molar-refractivity contribution in [2.75, 3.05) is 13.1 Å². The number of aliphatic hydroxyl groups excluding tert-OH is 1. The van der Waals surface area contributed by atoms with Gasteiger partial charge in [-0.05, 0) is 27.7 Å². The fourth-order valence-electron chi connectivity index (χ4n) is 2.10. The lowest BCUT2D eigenvalue weighted by atomic mass is 10.0. The van der Waals surface area contributed by atoms with Crippen molar-refractivity contribution in [2.24, 2.45) is 0 Å². The van der Waals surface area contributed by atoms with Crippen LogP contribution in [0.25, 0.3) is 0 Å². The van der Waals surface area contributed by atoms with E-state index in [4.69, 9.17) is 4.74 Å². The molecule has 0 aliphatic carbocycles. The molecule has 1 amide bonds. The van der Waals surface area contributed by atoms with E-state index in [0.717, 1.165) is 10.7 Å². The van der Waals surface area contributed by atoms with Crippen molar-refractivity contribution in [2.45, 2.75) is 45.3 Å². The van der Waals surface area contributed by atoms with E-state index in [1.165, 1.54) is 0 Å². The van der Waals surface area contributed by atoms with Gasteiger partial charge in [0, 0.05) is 17.8 Å². The summed E-state index contributed by atoms with van der Waals surface area (Å²) in [6.45, 7) is 8.19. The summed E-state index contributed by atoms with van der Waals surface area (Å²) >= 11 is 1.56. The second-order valence-corrected chi connectivity index (χ2v) is 6.91. The Labute approximate surface area is 117 Å². The monoisotopic (exact) mass is 284 g/mol. The Kier molecular flexibility index (Phi) is 3.82. The Bertz CT molecular complexity index is 467. The molecule has 1 fully saturated rings. The lowest BCUT2D eigenvalue weighted by molar-refractivity contribution is 0.0270. The summed E-state index contributed by atoms with van der Waals surface area (Å²) in [4.78, 5) is 17.9. The number of amides is 1. The Balaban J connectivity index is 2.03. The predicted octanol–water partition coefficient (Wildman–Crippen LogP) is 2.15. The van der Waals surface area contributed by atoms with Gasteiger partial charge in [-0.2, -0.15) is 0 Å². The van der Waals surface area contributed by atoms with Crippen LogP contribution in [0.5, 0.6) is 0 Å². The maximum absolute atomic E-state index is 12.0. The Hall–Kier alpha value is -1.14. The van der Waals surface area contributed by atoms with Crippen molar-refractivity contribution >= 4 is 17.4 Å². The molecule has 0 saturated carbocycles. The minimum atomic E-state index is -0.575. The number of thiazole rings is 1. The van der Waals surface area contributed by atoms with Gasteiger partial charge in [-0.25, -0.2) is 9.78 Å². The number of rotatable bonds is 1. The lowest BCUT2D eigenvalue weighted by Crippen LogP contribution is -2.35. The van der Waals surface area contributed by atoms with Crippen LogP contribution in [-0.2, 0) is 4.74 Å². The molecular formula is C13H20N2O3S. The third-order valence-corrected chi connectivity index (χ3v) is 3.75. The van der Waals surface area contributed by atoms with Gasteiger partial charge in [0.25, 0.3) is 0 Å². The van der Waals surface area contributed by atoms with E-state index in [-0.39, 0.29) is 12.0 Å². The first kappa shape index (κ1) is 14.3. The topological polar surface area (TPSA) is 62.7 Å². The molecule has 0 spiro atoms. The third kappa shape index (κ3) is 3.45. The summed E-state index contributed by atoms with van der Waals surface area (Å²) < 4.78 is 5.32. The first-order valence-corrected chi connectivity index (χ1v) is 7.22. The smallest absolute Gasteiger partial charge is 0.410 e. The number of ether oxygens (including phenoxy) is 1. The van der Waals surface area contributed by atoms with Crippen molar-refractivity contribution in [1.82, 2.24) is 9.88 Å². The molecule has 2 rings (SSSR count). The second-order valence-electron chi connectivity index (χ2n) is 5.85. The number of nitrogens with zero attached hydrogens (tertiary/aromatic N) is 2. The largest absolute Gasteiger partial charge is 0.444 e. The Morgan fingerprint density at radius 1 is 1.53 bits per heavy atom. The zero-order chi connectivity index (χ0) is 14.2. The molecule has 1 N–H and O–H groups in total. The van der Waals surface area contributed by atoms with Crippen LogP contribution in [0, 0.1) is 6.92 Å². The summed E-state index contributed by atoms with van der Waals surface area (Å²) in [6.07, 6.45) is -0.949. The van der Waals surface area contributed by atoms with E-state index in [2.05, 4.69) is 4.98 Å². The molecule has 106 valence electrons. The lowest BCUT2D eigenvalue weighted by Gasteiger charge is -2.24. The average Bonchev–Trinajstić information content (AvgIpc) is 2.82. The molecule has 19 heavy (non-hydrogen) atoms. The first-order valence-electron chi connectivity index (χ1n) is 6.34. The van der Waals surface area contributed by atoms with Crippen LogP contribution in [0.15, 0.2) is 5.38 Å². The van der Waals surface area contributed by atoms with Crippen LogP contribution in [0.3, 0.4) is 0 Å². The average molecular weight is 284 g/mol. The van der Waals surface area contributed by atoms with Crippen molar-refractivity contribution in [3.05, 3.63) is 16.1 Å². The molecule has 1 aliphatic rings. The van der Waals surface area contributed by atoms with E-state index in [9.17, 15) is 9.90 Å². The van der Waals surface area contributed by atoms with Crippen LogP contribution < -0.4 is 0 Å². The standard InChI is InChI=1S/C13H20N2O3S/c1-8-14-10(7-19-8)9-5-15(6-11(9)16)12(17)18-13(2,3)4/h7,9,11,16H,5-6H2,1-4H3/t9-,11+/m0/s1. The van der Waals surface area contributed by atoms with Gasteiger partial charge in [-0.15, -0.1) is 11.3 Å². The molecule has 0 bridgehead atoms. The molecule has 6 heteroatoms. The Morgan fingerprint density at radius 3 is 2.74 bits per heavy atom. The van der Waals surface area contributed by atoms with Crippen molar-refractivity contribution in [1.29, 1.82) is 0 Å². The fraction of sp³-hybridized carbons (Fsp3) is 0.692. The van der Waals surface area contributed by atoms with E-state index in [0.29, 0.717) is 13.1 Å². The number of aryl methyl sites for hydroxylation is 1. The molecular weight excluding hydrogens is 264 g/mol. The maximum Gasteiger partial charge on any atom is 0.410 e. The number of aliphatic hydroxyl groups is 1. The number of carbonyl (C=O) groups is 1. The van der Waals surface area contributed by atoms with Gasteiger partial charge in [0.1, 0.15) is 5.60 Å². The van der Waals surface area contributed by atoms with Crippen LogP contribution >= 0.6 is 11.3 Å². The fourth-order valence-corrected chi connectivity index (χ4v) is 2.78. The van der Waals surface area contributed by atoms with E-state index >= 15 is 0 Å². The van der Waals surface area contributed by atoms with Gasteiger partial charge >= 0.3 is 6.09 Å². The van der Waals surface area contributed by atoms with Gasteiger partial charge < -0.3 is 14.7 Å². The zero-order valence-electron chi connectivity index (χ0n) is 11.7.